The van der Waals surface area contributed by atoms with E-state index >= 15 is 0 Å². The lowest BCUT2D eigenvalue weighted by Gasteiger charge is -2.28. The number of H-pyrrole nitrogens is 1. The number of fused-ring (bicyclic) bond motifs is 1. The lowest BCUT2D eigenvalue weighted by molar-refractivity contribution is -0.125. The Kier molecular flexibility index (Phi) is 6.48. The molecule has 0 aliphatic carbocycles. The number of rotatable bonds is 6. The standard InChI is InChI=1S/C24H27ClN4O3/c1-14(2)10-20(23-26-18-6-5-17(25)12-19(18)27-23)28-24(31)16-4-7-21(15(3)11-16)29-8-9-32-13-22(29)30/h4-7,11-12,14,20H,8-10,13H2,1-3H3,(H,26,27)(H,28,31). The number of halogens is 1. The molecule has 2 amide bonds. The number of nitrogens with zero attached hydrogens (tertiary/aromatic N) is 2. The van der Waals surface area contributed by atoms with Gasteiger partial charge in [0.2, 0.25) is 0 Å². The molecule has 8 heteroatoms. The van der Waals surface area contributed by atoms with E-state index in [0.717, 1.165) is 28.7 Å². The molecule has 1 aliphatic rings. The van der Waals surface area contributed by atoms with Crippen molar-refractivity contribution in [2.24, 2.45) is 5.92 Å². The van der Waals surface area contributed by atoms with Crippen LogP contribution in [0.5, 0.6) is 0 Å². The lowest BCUT2D eigenvalue weighted by Crippen LogP contribution is -2.42. The summed E-state index contributed by atoms with van der Waals surface area (Å²) in [5, 5.41) is 3.75. The number of benzene rings is 2. The summed E-state index contributed by atoms with van der Waals surface area (Å²) in [5.74, 6) is 0.806. The Morgan fingerprint density at radius 3 is 2.81 bits per heavy atom. The summed E-state index contributed by atoms with van der Waals surface area (Å²) in [6, 6.07) is 10.6. The number of hydrogen-bond donors (Lipinski definition) is 2. The van der Waals surface area contributed by atoms with E-state index in [1.54, 1.807) is 17.0 Å². The Balaban J connectivity index is 1.56. The van der Waals surface area contributed by atoms with Crippen LogP contribution in [0.15, 0.2) is 36.4 Å². The summed E-state index contributed by atoms with van der Waals surface area (Å²) >= 11 is 6.09. The molecule has 0 saturated carbocycles. The molecule has 1 atom stereocenters. The average Bonchev–Trinajstić information content (AvgIpc) is 3.16. The lowest BCUT2D eigenvalue weighted by atomic mass is 10.0. The van der Waals surface area contributed by atoms with Gasteiger partial charge in [-0.05, 0) is 61.2 Å². The van der Waals surface area contributed by atoms with Crippen LogP contribution in [0.1, 0.15) is 48.1 Å². The van der Waals surface area contributed by atoms with E-state index in [1.807, 2.05) is 31.2 Å². The van der Waals surface area contributed by atoms with Crippen LogP contribution in [0.25, 0.3) is 11.0 Å². The topological polar surface area (TPSA) is 87.3 Å². The third-order valence-corrected chi connectivity index (χ3v) is 5.78. The molecule has 1 saturated heterocycles. The van der Waals surface area contributed by atoms with Gasteiger partial charge in [-0.25, -0.2) is 4.98 Å². The van der Waals surface area contributed by atoms with Gasteiger partial charge >= 0.3 is 0 Å². The smallest absolute Gasteiger partial charge is 0.253 e. The minimum atomic E-state index is -0.269. The highest BCUT2D eigenvalue weighted by Gasteiger charge is 2.24. The van der Waals surface area contributed by atoms with Crippen molar-refractivity contribution in [3.8, 4) is 0 Å². The zero-order valence-electron chi connectivity index (χ0n) is 18.4. The number of imidazole rings is 1. The highest BCUT2D eigenvalue weighted by atomic mass is 35.5. The second-order valence-corrected chi connectivity index (χ2v) is 8.97. The molecule has 1 aromatic heterocycles. The average molecular weight is 455 g/mol. The van der Waals surface area contributed by atoms with Crippen molar-refractivity contribution in [2.75, 3.05) is 24.7 Å². The van der Waals surface area contributed by atoms with Gasteiger partial charge in [0.05, 0.1) is 23.7 Å². The quantitative estimate of drug-likeness (QED) is 0.577. The maximum Gasteiger partial charge on any atom is 0.253 e. The summed E-state index contributed by atoms with van der Waals surface area (Å²) in [6.45, 7) is 7.23. The zero-order valence-corrected chi connectivity index (χ0v) is 19.2. The van der Waals surface area contributed by atoms with Crippen molar-refractivity contribution in [1.82, 2.24) is 15.3 Å². The fraction of sp³-hybridized carbons (Fsp3) is 0.375. The van der Waals surface area contributed by atoms with Gasteiger partial charge in [-0.2, -0.15) is 0 Å². The summed E-state index contributed by atoms with van der Waals surface area (Å²) in [4.78, 5) is 35.0. The second-order valence-electron chi connectivity index (χ2n) is 8.54. The summed E-state index contributed by atoms with van der Waals surface area (Å²) in [7, 11) is 0. The Morgan fingerprint density at radius 2 is 2.09 bits per heavy atom. The summed E-state index contributed by atoms with van der Waals surface area (Å²) < 4.78 is 5.21. The highest BCUT2D eigenvalue weighted by Crippen LogP contribution is 2.26. The van der Waals surface area contributed by atoms with Crippen LogP contribution >= 0.6 is 11.6 Å². The summed E-state index contributed by atoms with van der Waals surface area (Å²) in [5.41, 5.74) is 3.86. The van der Waals surface area contributed by atoms with Crippen LogP contribution < -0.4 is 10.2 Å². The predicted molar refractivity (Wildman–Crippen MR) is 125 cm³/mol. The van der Waals surface area contributed by atoms with Crippen LogP contribution in [0.2, 0.25) is 5.02 Å². The molecule has 0 bridgehead atoms. The Morgan fingerprint density at radius 1 is 1.28 bits per heavy atom. The molecule has 7 nitrogen and oxygen atoms in total. The number of amides is 2. The van der Waals surface area contributed by atoms with Crippen molar-refractivity contribution in [3.63, 3.8) is 0 Å². The molecule has 168 valence electrons. The molecule has 1 unspecified atom stereocenters. The maximum atomic E-state index is 13.1. The molecule has 1 aliphatic heterocycles. The van der Waals surface area contributed by atoms with Crippen molar-refractivity contribution in [1.29, 1.82) is 0 Å². The minimum Gasteiger partial charge on any atom is -0.370 e. The molecule has 2 heterocycles. The van der Waals surface area contributed by atoms with E-state index in [9.17, 15) is 9.59 Å². The summed E-state index contributed by atoms with van der Waals surface area (Å²) in [6.07, 6.45) is 0.735. The normalized spacial score (nSPS) is 15.4. The molecule has 4 rings (SSSR count). The van der Waals surface area contributed by atoms with Crippen LogP contribution in [0.3, 0.4) is 0 Å². The van der Waals surface area contributed by atoms with E-state index in [2.05, 4.69) is 29.1 Å². The first-order chi connectivity index (χ1) is 15.3. The molecule has 32 heavy (non-hydrogen) atoms. The van der Waals surface area contributed by atoms with Crippen LogP contribution in [0, 0.1) is 12.8 Å². The highest BCUT2D eigenvalue weighted by molar-refractivity contribution is 6.31. The SMILES string of the molecule is Cc1cc(C(=O)NC(CC(C)C)c2nc3cc(Cl)ccc3[nH]2)ccc1N1CCOCC1=O. The molecule has 2 aromatic carbocycles. The number of anilines is 1. The van der Waals surface area contributed by atoms with Crippen molar-refractivity contribution >= 4 is 40.1 Å². The first kappa shape index (κ1) is 22.3. The molecule has 0 radical (unpaired) electrons. The number of aryl methyl sites for hydroxylation is 1. The van der Waals surface area contributed by atoms with Gasteiger partial charge in [0, 0.05) is 22.8 Å². The predicted octanol–water partition coefficient (Wildman–Crippen LogP) is 4.41. The number of aromatic amines is 1. The van der Waals surface area contributed by atoms with Crippen LogP contribution in [-0.4, -0.2) is 41.5 Å². The Hall–Kier alpha value is -2.90. The van der Waals surface area contributed by atoms with E-state index in [1.165, 1.54) is 0 Å². The van der Waals surface area contributed by atoms with Gasteiger partial charge in [-0.1, -0.05) is 25.4 Å². The van der Waals surface area contributed by atoms with Crippen LogP contribution in [-0.2, 0) is 9.53 Å². The number of carbonyl (C=O) groups is 2. The van der Waals surface area contributed by atoms with Gasteiger partial charge in [0.25, 0.3) is 11.8 Å². The minimum absolute atomic E-state index is 0.0708. The van der Waals surface area contributed by atoms with Gasteiger partial charge in [-0.3, -0.25) is 9.59 Å². The molecular formula is C24H27ClN4O3. The van der Waals surface area contributed by atoms with E-state index < -0.39 is 0 Å². The molecular weight excluding hydrogens is 428 g/mol. The first-order valence-corrected chi connectivity index (χ1v) is 11.1. The van der Waals surface area contributed by atoms with Gasteiger partial charge in [0.1, 0.15) is 12.4 Å². The maximum absolute atomic E-state index is 13.1. The van der Waals surface area contributed by atoms with Crippen molar-refractivity contribution < 1.29 is 14.3 Å². The number of ether oxygens (including phenoxy) is 1. The van der Waals surface area contributed by atoms with Gasteiger partial charge in [-0.15, -0.1) is 0 Å². The molecule has 2 N–H and O–H groups in total. The van der Waals surface area contributed by atoms with Gasteiger partial charge < -0.3 is 19.9 Å². The van der Waals surface area contributed by atoms with E-state index in [4.69, 9.17) is 16.3 Å². The van der Waals surface area contributed by atoms with E-state index in [-0.39, 0.29) is 24.5 Å². The number of hydrogen-bond acceptors (Lipinski definition) is 4. The monoisotopic (exact) mass is 454 g/mol. The fourth-order valence-electron chi connectivity index (χ4n) is 3.99. The molecule has 0 spiro atoms. The number of nitrogens with one attached hydrogen (secondary N) is 2. The number of carbonyl (C=O) groups excluding carboxylic acids is 2. The van der Waals surface area contributed by atoms with Crippen molar-refractivity contribution in [3.05, 3.63) is 58.4 Å². The van der Waals surface area contributed by atoms with E-state index in [0.29, 0.717) is 35.5 Å². The zero-order chi connectivity index (χ0) is 22.8. The largest absolute Gasteiger partial charge is 0.370 e. The molecule has 3 aromatic rings. The third kappa shape index (κ3) is 4.79. The fourth-order valence-corrected chi connectivity index (χ4v) is 4.15. The molecule has 1 fully saturated rings. The third-order valence-electron chi connectivity index (χ3n) is 5.54. The Bertz CT molecular complexity index is 1160. The Labute approximate surface area is 192 Å². The van der Waals surface area contributed by atoms with Crippen molar-refractivity contribution in [2.45, 2.75) is 33.2 Å². The number of aromatic nitrogens is 2. The number of morpholine rings is 1. The van der Waals surface area contributed by atoms with Crippen LogP contribution in [0.4, 0.5) is 5.69 Å². The first-order valence-electron chi connectivity index (χ1n) is 10.8. The second kappa shape index (κ2) is 9.30. The van der Waals surface area contributed by atoms with Gasteiger partial charge in [0.15, 0.2) is 0 Å².